The fourth-order valence-corrected chi connectivity index (χ4v) is 6.90. The molecule has 0 radical (unpaired) electrons. The minimum absolute atomic E-state index is 0.00235. The van der Waals surface area contributed by atoms with E-state index in [1.54, 1.807) is 6.20 Å². The Morgan fingerprint density at radius 1 is 1.14 bits per heavy atom. The minimum atomic E-state index is -0.00235. The lowest BCUT2D eigenvalue weighted by Crippen LogP contribution is -2.59. The van der Waals surface area contributed by atoms with Crippen LogP contribution in [-0.4, -0.2) is 67.9 Å². The molecule has 1 saturated heterocycles. The number of hydrogen-bond acceptors (Lipinski definition) is 5. The molecule has 0 spiro atoms. The molecule has 3 fully saturated rings. The zero-order valence-corrected chi connectivity index (χ0v) is 20.7. The summed E-state index contributed by atoms with van der Waals surface area (Å²) in [5.74, 6) is 0.688. The molecular formula is C27H31ClN6O. The molecule has 2 aromatic heterocycles. The van der Waals surface area contributed by atoms with Gasteiger partial charge in [0, 0.05) is 59.9 Å². The first-order chi connectivity index (χ1) is 17.0. The number of aromatic amines is 1. The highest BCUT2D eigenvalue weighted by molar-refractivity contribution is 6.33. The molecule has 1 aromatic carbocycles. The van der Waals surface area contributed by atoms with Gasteiger partial charge in [-0.2, -0.15) is 0 Å². The Balaban J connectivity index is 1.22. The Labute approximate surface area is 210 Å². The number of carbonyl (C=O) groups excluding carboxylic acids is 1. The van der Waals surface area contributed by atoms with Gasteiger partial charge in [-0.3, -0.25) is 9.69 Å². The van der Waals surface area contributed by atoms with Gasteiger partial charge < -0.3 is 15.2 Å². The summed E-state index contributed by atoms with van der Waals surface area (Å²) in [6.45, 7) is 7.05. The number of anilines is 1. The largest absolute Gasteiger partial charge is 0.360 e. The highest BCUT2D eigenvalue weighted by atomic mass is 35.5. The normalized spacial score (nSPS) is 26.7. The zero-order valence-electron chi connectivity index (χ0n) is 19.9. The summed E-state index contributed by atoms with van der Waals surface area (Å²) < 4.78 is 0. The molecule has 7 nitrogen and oxygen atoms in total. The number of carbonyl (C=O) groups is 1. The van der Waals surface area contributed by atoms with Crippen LogP contribution in [0.3, 0.4) is 0 Å². The summed E-state index contributed by atoms with van der Waals surface area (Å²) in [4.78, 5) is 29.4. The highest BCUT2D eigenvalue weighted by Crippen LogP contribution is 2.52. The van der Waals surface area contributed by atoms with Gasteiger partial charge in [-0.25, -0.2) is 9.97 Å². The van der Waals surface area contributed by atoms with E-state index in [1.165, 1.54) is 18.9 Å². The molecule has 6 rings (SSSR count). The van der Waals surface area contributed by atoms with Crippen LogP contribution < -0.4 is 5.32 Å². The van der Waals surface area contributed by atoms with Crippen LogP contribution in [0.4, 0.5) is 5.95 Å². The molecule has 3 aromatic rings. The third-order valence-electron chi connectivity index (χ3n) is 8.44. The molecule has 2 saturated carbocycles. The van der Waals surface area contributed by atoms with Crippen LogP contribution in [0, 0.1) is 0 Å². The van der Waals surface area contributed by atoms with Crippen LogP contribution in [0.5, 0.6) is 0 Å². The fraction of sp³-hybridized carbons (Fsp3) is 0.444. The minimum Gasteiger partial charge on any atom is -0.360 e. The average molecular weight is 491 g/mol. The van der Waals surface area contributed by atoms with Gasteiger partial charge in [0.05, 0.1) is 16.9 Å². The molecule has 2 atom stereocenters. The number of nitrogens with one attached hydrogen (secondary N) is 2. The summed E-state index contributed by atoms with van der Waals surface area (Å²) in [6.07, 6.45) is 12.0. The van der Waals surface area contributed by atoms with Crippen molar-refractivity contribution in [3.8, 4) is 11.3 Å². The molecular weight excluding hydrogens is 460 g/mol. The maximum absolute atomic E-state index is 12.0. The molecule has 2 unspecified atom stereocenters. The number of halogens is 1. The predicted molar refractivity (Wildman–Crippen MR) is 139 cm³/mol. The molecule has 2 aliphatic carbocycles. The van der Waals surface area contributed by atoms with Crippen LogP contribution in [0.1, 0.15) is 38.5 Å². The average Bonchev–Trinajstić information content (AvgIpc) is 3.43. The van der Waals surface area contributed by atoms with Gasteiger partial charge in [-0.05, 0) is 50.7 Å². The maximum Gasteiger partial charge on any atom is 0.246 e. The van der Waals surface area contributed by atoms with E-state index in [0.29, 0.717) is 11.0 Å². The van der Waals surface area contributed by atoms with E-state index < -0.39 is 0 Å². The number of amides is 1. The summed E-state index contributed by atoms with van der Waals surface area (Å²) in [6, 6.07) is 8.18. The molecule has 182 valence electrons. The van der Waals surface area contributed by atoms with Gasteiger partial charge in [-0.15, -0.1) is 0 Å². The van der Waals surface area contributed by atoms with E-state index in [2.05, 4.69) is 38.9 Å². The number of rotatable bonds is 5. The molecule has 35 heavy (non-hydrogen) atoms. The van der Waals surface area contributed by atoms with Crippen LogP contribution in [0.2, 0.25) is 5.02 Å². The number of H-pyrrole nitrogens is 1. The molecule has 8 heteroatoms. The maximum atomic E-state index is 12.0. The standard InChI is InChI=1S/C27H31ClN6O/c1-2-23(35)33-12-14-34(15-13-33)27-9-5-8-26(18-27,10-11-27)32-25-30-17-21(28)24(31-25)20-16-29-22-7-4-3-6-19(20)22/h2-4,6-7,16-17,29H,1,5,8-15,18H2,(H,30,31,32). The van der Waals surface area contributed by atoms with E-state index in [9.17, 15) is 4.79 Å². The van der Waals surface area contributed by atoms with Gasteiger partial charge in [0.25, 0.3) is 0 Å². The molecule has 2 N–H and O–H groups in total. The smallest absolute Gasteiger partial charge is 0.246 e. The lowest BCUT2D eigenvalue weighted by Gasteiger charge is -2.49. The first-order valence-electron chi connectivity index (χ1n) is 12.5. The third kappa shape index (κ3) is 3.91. The summed E-state index contributed by atoms with van der Waals surface area (Å²) in [5, 5.41) is 5.42. The second-order valence-electron chi connectivity index (χ2n) is 10.3. The lowest BCUT2D eigenvalue weighted by molar-refractivity contribution is -0.129. The Hall–Kier alpha value is -2.90. The SMILES string of the molecule is C=CC(=O)N1CCN(C23CCCC(Nc4ncc(Cl)c(-c5c[nH]c6ccccc56)n4)(CC2)C3)CC1. The van der Waals surface area contributed by atoms with Gasteiger partial charge in [0.15, 0.2) is 0 Å². The second-order valence-corrected chi connectivity index (χ2v) is 10.7. The van der Waals surface area contributed by atoms with E-state index >= 15 is 0 Å². The highest BCUT2D eigenvalue weighted by Gasteiger charge is 2.54. The number of benzene rings is 1. The van der Waals surface area contributed by atoms with Crippen LogP contribution >= 0.6 is 11.6 Å². The van der Waals surface area contributed by atoms with Crippen LogP contribution in [0.25, 0.3) is 22.2 Å². The molecule has 1 aliphatic heterocycles. The second kappa shape index (κ2) is 8.64. The monoisotopic (exact) mass is 490 g/mol. The van der Waals surface area contributed by atoms with Gasteiger partial charge in [0.2, 0.25) is 11.9 Å². The number of nitrogens with zero attached hydrogens (tertiary/aromatic N) is 4. The Morgan fingerprint density at radius 3 is 2.80 bits per heavy atom. The van der Waals surface area contributed by atoms with Crippen molar-refractivity contribution in [3.05, 3.63) is 54.3 Å². The van der Waals surface area contributed by atoms with Crippen molar-refractivity contribution >= 4 is 34.4 Å². The van der Waals surface area contributed by atoms with Crippen LogP contribution in [-0.2, 0) is 4.79 Å². The topological polar surface area (TPSA) is 77.2 Å². The van der Waals surface area contributed by atoms with Gasteiger partial charge in [0.1, 0.15) is 0 Å². The van der Waals surface area contributed by atoms with Crippen molar-refractivity contribution in [2.45, 2.75) is 49.6 Å². The van der Waals surface area contributed by atoms with Crippen molar-refractivity contribution < 1.29 is 4.79 Å². The van der Waals surface area contributed by atoms with E-state index in [0.717, 1.165) is 74.0 Å². The van der Waals surface area contributed by atoms with E-state index in [-0.39, 0.29) is 17.0 Å². The summed E-state index contributed by atoms with van der Waals surface area (Å²) >= 11 is 6.57. The van der Waals surface area contributed by atoms with E-state index in [1.807, 2.05) is 23.2 Å². The summed E-state index contributed by atoms with van der Waals surface area (Å²) in [5.41, 5.74) is 3.00. The van der Waals surface area contributed by atoms with E-state index in [4.69, 9.17) is 16.6 Å². The molecule has 2 bridgehead atoms. The van der Waals surface area contributed by atoms with Gasteiger partial charge in [-0.1, -0.05) is 36.4 Å². The van der Waals surface area contributed by atoms with Crippen molar-refractivity contribution in [3.63, 3.8) is 0 Å². The Morgan fingerprint density at radius 2 is 1.97 bits per heavy atom. The third-order valence-corrected chi connectivity index (χ3v) is 8.71. The lowest BCUT2D eigenvalue weighted by atomic mass is 9.77. The number of para-hydroxylation sites is 1. The molecule has 3 aliphatic rings. The molecule has 3 heterocycles. The zero-order chi connectivity index (χ0) is 24.0. The Kier molecular flexibility index (Phi) is 5.57. The number of aromatic nitrogens is 3. The van der Waals surface area contributed by atoms with Crippen molar-refractivity contribution in [1.29, 1.82) is 0 Å². The Bertz CT molecular complexity index is 1280. The predicted octanol–water partition coefficient (Wildman–Crippen LogP) is 4.87. The molecule has 1 amide bonds. The number of hydrogen-bond donors (Lipinski definition) is 2. The first kappa shape index (κ1) is 22.6. The van der Waals surface area contributed by atoms with Crippen molar-refractivity contribution in [2.75, 3.05) is 31.5 Å². The van der Waals surface area contributed by atoms with Crippen LogP contribution in [0.15, 0.2) is 49.3 Å². The van der Waals surface area contributed by atoms with Gasteiger partial charge >= 0.3 is 0 Å². The fourth-order valence-electron chi connectivity index (χ4n) is 6.71. The summed E-state index contributed by atoms with van der Waals surface area (Å²) in [7, 11) is 0. The quantitative estimate of drug-likeness (QED) is 0.499. The van der Waals surface area contributed by atoms with Crippen molar-refractivity contribution in [2.24, 2.45) is 0 Å². The first-order valence-corrected chi connectivity index (χ1v) is 12.9. The van der Waals surface area contributed by atoms with Crippen molar-refractivity contribution in [1.82, 2.24) is 24.8 Å². The number of fused-ring (bicyclic) bond motifs is 3. The number of piperazine rings is 1.